The van der Waals surface area contributed by atoms with Crippen LogP contribution in [0.2, 0.25) is 0 Å². The van der Waals surface area contributed by atoms with Crippen LogP contribution >= 0.6 is 11.3 Å². The fraction of sp³-hybridized carbons (Fsp3) is 0.541. The number of aromatic nitrogens is 2. The van der Waals surface area contributed by atoms with E-state index in [4.69, 9.17) is 25.2 Å². The van der Waals surface area contributed by atoms with Crippen LogP contribution in [-0.4, -0.2) is 79.1 Å². The molecule has 3 saturated carbocycles. The monoisotopic (exact) mass is 752 g/mol. The van der Waals surface area contributed by atoms with Crippen LogP contribution in [0.5, 0.6) is 11.5 Å². The van der Waals surface area contributed by atoms with Crippen molar-refractivity contribution < 1.29 is 32.3 Å². The fourth-order valence-electron chi connectivity index (χ4n) is 6.77. The number of nitrogens with two attached hydrogens (primary N) is 1. The van der Waals surface area contributed by atoms with E-state index in [1.54, 1.807) is 19.1 Å². The van der Waals surface area contributed by atoms with Crippen molar-refractivity contribution >= 4 is 55.1 Å². The van der Waals surface area contributed by atoms with Gasteiger partial charge in [-0.1, -0.05) is 12.2 Å². The van der Waals surface area contributed by atoms with Crippen molar-refractivity contribution in [3.8, 4) is 22.9 Å². The Labute approximate surface area is 308 Å². The number of methoxy groups -OCH3 is 1. The number of carbonyl (C=O) groups excluding carboxylic acids is 3. The highest BCUT2D eigenvalue weighted by Gasteiger charge is 2.45. The molecule has 0 saturated heterocycles. The van der Waals surface area contributed by atoms with Gasteiger partial charge in [0, 0.05) is 48.5 Å². The lowest BCUT2D eigenvalue weighted by molar-refractivity contribution is -0.139. The normalized spacial score (nSPS) is 22.8. The molecule has 0 spiro atoms. The van der Waals surface area contributed by atoms with Crippen LogP contribution < -0.4 is 25.2 Å². The van der Waals surface area contributed by atoms with E-state index in [9.17, 15) is 22.8 Å². The van der Waals surface area contributed by atoms with E-state index in [1.807, 2.05) is 41.8 Å². The van der Waals surface area contributed by atoms with Crippen LogP contribution in [0.25, 0.3) is 22.3 Å². The standard InChI is InChI=1S/C37H48N6O7S2/c1-21(2)39-37-41-32(20-51-37)31-19-33(26-13-10-23(49-4)18-30(26)40-31)50-24-16-28(34(38)44)29(17-24)36(46)43(3)14-8-6-5-7-9-22-15-27(22)35(45)42-52(47,48)25-11-12-25/h7,9-10,13,18-22,24-25,27-29H,5-6,8,11-12,14-17H2,1-4H3,(H2,38,44)(H,39,41)(H,42,45)/b9-7-/t22-,24-,27+,28-,29-/m1/s1. The molecule has 3 fully saturated rings. The summed E-state index contributed by atoms with van der Waals surface area (Å²) >= 11 is 1.50. The van der Waals surface area contributed by atoms with Crippen LogP contribution in [0.4, 0.5) is 5.13 Å². The van der Waals surface area contributed by atoms with Gasteiger partial charge in [-0.3, -0.25) is 19.1 Å². The van der Waals surface area contributed by atoms with Crippen LogP contribution in [-0.2, 0) is 24.4 Å². The van der Waals surface area contributed by atoms with E-state index in [2.05, 4.69) is 23.9 Å². The molecule has 15 heteroatoms. The summed E-state index contributed by atoms with van der Waals surface area (Å²) in [5.41, 5.74) is 7.85. The summed E-state index contributed by atoms with van der Waals surface area (Å²) in [6.45, 7) is 4.62. The van der Waals surface area contributed by atoms with Gasteiger partial charge in [-0.05, 0) is 83.3 Å². The molecule has 13 nitrogen and oxygen atoms in total. The highest BCUT2D eigenvalue weighted by Crippen LogP contribution is 2.41. The zero-order valence-electron chi connectivity index (χ0n) is 30.0. The van der Waals surface area contributed by atoms with Gasteiger partial charge >= 0.3 is 0 Å². The molecule has 3 aliphatic carbocycles. The summed E-state index contributed by atoms with van der Waals surface area (Å²) in [7, 11) is -0.167. The molecule has 3 amide bonds. The van der Waals surface area contributed by atoms with E-state index in [-0.39, 0.29) is 23.8 Å². The second-order valence-corrected chi connectivity index (χ2v) is 17.3. The number of nitrogens with one attached hydrogen (secondary N) is 2. The molecule has 0 radical (unpaired) electrons. The number of primary amides is 1. The third-order valence-corrected chi connectivity index (χ3v) is 12.5. The van der Waals surface area contributed by atoms with Crippen LogP contribution in [0.15, 0.2) is 41.8 Å². The van der Waals surface area contributed by atoms with Crippen molar-refractivity contribution in [2.24, 2.45) is 29.4 Å². The van der Waals surface area contributed by atoms with Gasteiger partial charge < -0.3 is 25.4 Å². The van der Waals surface area contributed by atoms with Crippen molar-refractivity contribution in [2.45, 2.75) is 82.6 Å². The molecule has 52 heavy (non-hydrogen) atoms. The van der Waals surface area contributed by atoms with Crippen molar-refractivity contribution in [3.63, 3.8) is 0 Å². The van der Waals surface area contributed by atoms with E-state index in [0.717, 1.165) is 29.8 Å². The topological polar surface area (TPSA) is 183 Å². The number of carbonyl (C=O) groups is 3. The molecule has 5 atom stereocenters. The summed E-state index contributed by atoms with van der Waals surface area (Å²) < 4.78 is 38.3. The van der Waals surface area contributed by atoms with E-state index >= 15 is 0 Å². The number of thiazole rings is 1. The first-order valence-electron chi connectivity index (χ1n) is 18.0. The van der Waals surface area contributed by atoms with Gasteiger partial charge in [-0.2, -0.15) is 0 Å². The van der Waals surface area contributed by atoms with Crippen LogP contribution in [0.1, 0.15) is 65.2 Å². The van der Waals surface area contributed by atoms with Gasteiger partial charge in [0.1, 0.15) is 23.3 Å². The average molecular weight is 753 g/mol. The summed E-state index contributed by atoms with van der Waals surface area (Å²) in [4.78, 5) is 49.8. The number of nitrogens with zero attached hydrogens (tertiary/aromatic N) is 3. The molecular formula is C37H48N6O7S2. The highest BCUT2D eigenvalue weighted by molar-refractivity contribution is 7.90. The number of benzene rings is 1. The largest absolute Gasteiger partial charge is 0.497 e. The number of amides is 3. The number of pyridine rings is 1. The smallest absolute Gasteiger partial charge is 0.237 e. The molecule has 280 valence electrons. The molecule has 2 aromatic heterocycles. The Morgan fingerprint density at radius 2 is 1.83 bits per heavy atom. The minimum absolute atomic E-state index is 0.0636. The Bertz CT molecular complexity index is 1940. The van der Waals surface area contributed by atoms with E-state index < -0.39 is 45.0 Å². The first-order chi connectivity index (χ1) is 24.8. The third kappa shape index (κ3) is 9.03. The minimum atomic E-state index is -3.52. The zero-order valence-corrected chi connectivity index (χ0v) is 31.7. The van der Waals surface area contributed by atoms with Gasteiger partial charge in [-0.25, -0.2) is 18.4 Å². The van der Waals surface area contributed by atoms with E-state index in [0.29, 0.717) is 67.1 Å². The summed E-state index contributed by atoms with van der Waals surface area (Å²) in [5.74, 6) is -1.28. The molecule has 0 bridgehead atoms. The SMILES string of the molecule is COc1ccc2c(O[C@@H]3C[C@@H](C(N)=O)[C@H](C(=O)N(C)CCCC/C=C\[C@@H]4C[C@@H]4C(=O)NS(=O)(=O)C4CC4)C3)cc(-c3csc(NC(C)C)n3)nc2c1. The first kappa shape index (κ1) is 37.5. The minimum Gasteiger partial charge on any atom is -0.497 e. The molecule has 1 aromatic carbocycles. The molecule has 3 aromatic rings. The number of anilines is 1. The number of sulfonamides is 1. The Morgan fingerprint density at radius 1 is 1.06 bits per heavy atom. The summed E-state index contributed by atoms with van der Waals surface area (Å²) in [6, 6.07) is 7.66. The lowest BCUT2D eigenvalue weighted by Gasteiger charge is -2.23. The molecular weight excluding hydrogens is 705 g/mol. The molecule has 4 N–H and O–H groups in total. The van der Waals surface area contributed by atoms with Gasteiger partial charge in [-0.15, -0.1) is 11.3 Å². The van der Waals surface area contributed by atoms with Crippen molar-refractivity contribution in [1.29, 1.82) is 0 Å². The van der Waals surface area contributed by atoms with Crippen LogP contribution in [0, 0.1) is 23.7 Å². The Morgan fingerprint density at radius 3 is 2.54 bits per heavy atom. The molecule has 0 aliphatic heterocycles. The maximum absolute atomic E-state index is 13.7. The summed E-state index contributed by atoms with van der Waals surface area (Å²) in [5, 5.41) is 6.42. The zero-order chi connectivity index (χ0) is 37.2. The predicted octanol–water partition coefficient (Wildman–Crippen LogP) is 4.88. The van der Waals surface area contributed by atoms with Crippen molar-refractivity contribution in [2.75, 3.05) is 26.0 Å². The van der Waals surface area contributed by atoms with Crippen molar-refractivity contribution in [1.82, 2.24) is 19.6 Å². The van der Waals surface area contributed by atoms with Gasteiger partial charge in [0.15, 0.2) is 5.13 Å². The number of ether oxygens (including phenoxy) is 2. The highest BCUT2D eigenvalue weighted by atomic mass is 32.2. The number of rotatable bonds is 17. The quantitative estimate of drug-likeness (QED) is 0.127. The Kier molecular flexibility index (Phi) is 11.4. The molecule has 2 heterocycles. The Balaban J connectivity index is 1.03. The first-order valence-corrected chi connectivity index (χ1v) is 20.4. The summed E-state index contributed by atoms with van der Waals surface area (Å²) in [6.07, 6.45) is 8.54. The third-order valence-electron chi connectivity index (χ3n) is 9.91. The second kappa shape index (κ2) is 15.8. The van der Waals surface area contributed by atoms with E-state index in [1.165, 1.54) is 11.3 Å². The maximum Gasteiger partial charge on any atom is 0.237 e. The van der Waals surface area contributed by atoms with Gasteiger partial charge in [0.25, 0.3) is 0 Å². The van der Waals surface area contributed by atoms with Crippen molar-refractivity contribution in [3.05, 3.63) is 41.8 Å². The second-order valence-electron chi connectivity index (χ2n) is 14.5. The number of allylic oxidation sites excluding steroid dienone is 2. The lowest BCUT2D eigenvalue weighted by Crippen LogP contribution is -2.39. The fourth-order valence-corrected chi connectivity index (χ4v) is 8.98. The van der Waals surface area contributed by atoms with Crippen LogP contribution in [0.3, 0.4) is 0 Å². The number of fused-ring (bicyclic) bond motifs is 1. The average Bonchev–Trinajstić information content (AvgIpc) is 4.02. The molecule has 6 rings (SSSR count). The number of hydrogen-bond donors (Lipinski definition) is 3. The molecule has 0 unspecified atom stereocenters. The lowest BCUT2D eigenvalue weighted by atomic mass is 9.94. The molecule has 3 aliphatic rings. The maximum atomic E-state index is 13.7. The number of unbranched alkanes of at least 4 members (excludes halogenated alkanes) is 2. The predicted molar refractivity (Wildman–Crippen MR) is 200 cm³/mol. The van der Waals surface area contributed by atoms with Gasteiger partial charge in [0.05, 0.1) is 35.4 Å². The Hall–Kier alpha value is -4.24. The van der Waals surface area contributed by atoms with Gasteiger partial charge in [0.2, 0.25) is 27.7 Å². The number of hydrogen-bond acceptors (Lipinski definition) is 11.